The fourth-order valence-electron chi connectivity index (χ4n) is 5.62. The predicted octanol–water partition coefficient (Wildman–Crippen LogP) is 3.23. The minimum absolute atomic E-state index is 0.236. The van der Waals surface area contributed by atoms with Crippen molar-refractivity contribution in [1.29, 1.82) is 0 Å². The first-order chi connectivity index (χ1) is 17.7. The monoisotopic (exact) mass is 505 g/mol. The Bertz CT molecular complexity index is 1200. The lowest BCUT2D eigenvalue weighted by Crippen LogP contribution is -2.46. The molecule has 1 aromatic heterocycles. The maximum atomic E-state index is 12.8. The number of fused-ring (bicyclic) bond motifs is 2. The third-order valence-corrected chi connectivity index (χ3v) is 8.60. The molecule has 0 saturated carbocycles. The summed E-state index contributed by atoms with van der Waals surface area (Å²) < 4.78 is 11.4. The van der Waals surface area contributed by atoms with Gasteiger partial charge in [0.25, 0.3) is 0 Å². The maximum Gasteiger partial charge on any atom is 0.237 e. The third kappa shape index (κ3) is 5.27. The number of morpholine rings is 1. The Morgan fingerprint density at radius 2 is 1.72 bits per heavy atom. The minimum atomic E-state index is 0.236. The molecule has 0 unspecified atom stereocenters. The van der Waals surface area contributed by atoms with Gasteiger partial charge in [-0.2, -0.15) is 4.37 Å². The maximum absolute atomic E-state index is 12.8. The molecule has 0 spiro atoms. The zero-order chi connectivity index (χ0) is 24.3. The molecule has 7 nitrogen and oxygen atoms in total. The zero-order valence-corrected chi connectivity index (χ0v) is 21.7. The van der Waals surface area contributed by atoms with Crippen molar-refractivity contribution in [3.05, 3.63) is 59.2 Å². The molecule has 3 aromatic rings. The van der Waals surface area contributed by atoms with E-state index in [9.17, 15) is 4.79 Å². The van der Waals surface area contributed by atoms with E-state index in [1.807, 2.05) is 4.90 Å². The number of ether oxygens (including phenoxy) is 1. The number of carbonyl (C=O) groups is 1. The Morgan fingerprint density at radius 1 is 0.917 bits per heavy atom. The van der Waals surface area contributed by atoms with Gasteiger partial charge in [-0.05, 0) is 59.7 Å². The quantitative estimate of drug-likeness (QED) is 0.492. The lowest BCUT2D eigenvalue weighted by atomic mass is 10.0. The molecular formula is C28H35N5O2S. The van der Waals surface area contributed by atoms with E-state index in [0.717, 1.165) is 90.8 Å². The van der Waals surface area contributed by atoms with Gasteiger partial charge in [-0.1, -0.05) is 30.3 Å². The van der Waals surface area contributed by atoms with E-state index < -0.39 is 0 Å². The molecule has 2 saturated heterocycles. The molecule has 4 heterocycles. The molecule has 2 aromatic carbocycles. The average molecular weight is 506 g/mol. The SMILES string of the molecule is O=C(CN1CCOCC1)N1Cc2ccc(CCCN3CCN(c4nsc5ccccc45)CC3)cc2C1. The molecule has 1 amide bonds. The van der Waals surface area contributed by atoms with E-state index in [0.29, 0.717) is 6.54 Å². The molecule has 8 heteroatoms. The summed E-state index contributed by atoms with van der Waals surface area (Å²) in [5, 5.41) is 1.29. The van der Waals surface area contributed by atoms with Crippen LogP contribution in [0.1, 0.15) is 23.1 Å². The van der Waals surface area contributed by atoms with Crippen LogP contribution < -0.4 is 4.90 Å². The summed E-state index contributed by atoms with van der Waals surface area (Å²) in [6.07, 6.45) is 2.25. The van der Waals surface area contributed by atoms with Crippen molar-refractivity contribution in [2.24, 2.45) is 0 Å². The van der Waals surface area contributed by atoms with Crippen LogP contribution in [0.2, 0.25) is 0 Å². The first kappa shape index (κ1) is 23.9. The molecule has 6 rings (SSSR count). The normalized spacial score (nSPS) is 19.2. The highest BCUT2D eigenvalue weighted by Crippen LogP contribution is 2.30. The van der Waals surface area contributed by atoms with Crippen molar-refractivity contribution in [3.63, 3.8) is 0 Å². The van der Waals surface area contributed by atoms with E-state index in [4.69, 9.17) is 9.11 Å². The third-order valence-electron chi connectivity index (χ3n) is 7.78. The molecule has 0 bridgehead atoms. The second-order valence-electron chi connectivity index (χ2n) is 10.2. The Morgan fingerprint density at radius 3 is 2.58 bits per heavy atom. The second-order valence-corrected chi connectivity index (χ2v) is 11.0. The molecule has 2 fully saturated rings. The summed E-state index contributed by atoms with van der Waals surface area (Å²) in [5.41, 5.74) is 4.02. The van der Waals surface area contributed by atoms with Gasteiger partial charge in [-0.15, -0.1) is 0 Å². The lowest BCUT2D eigenvalue weighted by molar-refractivity contribution is -0.134. The number of benzene rings is 2. The number of rotatable bonds is 7. The van der Waals surface area contributed by atoms with Crippen LogP contribution >= 0.6 is 11.5 Å². The Labute approximate surface area is 217 Å². The van der Waals surface area contributed by atoms with Gasteiger partial charge >= 0.3 is 0 Å². The first-order valence-electron chi connectivity index (χ1n) is 13.2. The molecule has 36 heavy (non-hydrogen) atoms. The average Bonchev–Trinajstić information content (AvgIpc) is 3.54. The summed E-state index contributed by atoms with van der Waals surface area (Å²) in [4.78, 5) is 22.1. The fraction of sp³-hybridized carbons (Fsp3) is 0.500. The van der Waals surface area contributed by atoms with Gasteiger partial charge in [-0.25, -0.2) is 0 Å². The molecular weight excluding hydrogens is 470 g/mol. The van der Waals surface area contributed by atoms with Gasteiger partial charge < -0.3 is 14.5 Å². The van der Waals surface area contributed by atoms with Gasteiger partial charge in [0.05, 0.1) is 24.5 Å². The number of carbonyl (C=O) groups excluding carboxylic acids is 1. The predicted molar refractivity (Wildman–Crippen MR) is 145 cm³/mol. The fourth-order valence-corrected chi connectivity index (χ4v) is 6.42. The number of piperazine rings is 1. The number of hydrogen-bond donors (Lipinski definition) is 0. The van der Waals surface area contributed by atoms with E-state index in [1.54, 1.807) is 11.5 Å². The van der Waals surface area contributed by atoms with Crippen molar-refractivity contribution in [3.8, 4) is 0 Å². The summed E-state index contributed by atoms with van der Waals surface area (Å²) in [6.45, 7) is 10.6. The molecule has 3 aliphatic rings. The van der Waals surface area contributed by atoms with Crippen molar-refractivity contribution in [2.75, 3.05) is 70.5 Å². The van der Waals surface area contributed by atoms with Crippen LogP contribution in [0.3, 0.4) is 0 Å². The lowest BCUT2D eigenvalue weighted by Gasteiger charge is -2.35. The molecule has 3 aliphatic heterocycles. The number of anilines is 1. The number of aryl methyl sites for hydroxylation is 1. The van der Waals surface area contributed by atoms with Gasteiger partial charge in [-0.3, -0.25) is 14.6 Å². The minimum Gasteiger partial charge on any atom is -0.379 e. The largest absolute Gasteiger partial charge is 0.379 e. The number of aromatic nitrogens is 1. The van der Waals surface area contributed by atoms with Gasteiger partial charge in [0.2, 0.25) is 5.91 Å². The first-order valence-corrected chi connectivity index (χ1v) is 14.0. The van der Waals surface area contributed by atoms with Crippen LogP contribution in [0, 0.1) is 0 Å². The van der Waals surface area contributed by atoms with Gasteiger partial charge in [0.1, 0.15) is 5.82 Å². The van der Waals surface area contributed by atoms with Crippen LogP contribution in [0.5, 0.6) is 0 Å². The van der Waals surface area contributed by atoms with E-state index in [1.165, 1.54) is 26.8 Å². The van der Waals surface area contributed by atoms with Crippen LogP contribution in [-0.2, 0) is 29.0 Å². The van der Waals surface area contributed by atoms with Crippen LogP contribution in [0.4, 0.5) is 5.82 Å². The summed E-state index contributed by atoms with van der Waals surface area (Å²) >= 11 is 1.60. The summed E-state index contributed by atoms with van der Waals surface area (Å²) in [6, 6.07) is 15.4. The van der Waals surface area contributed by atoms with Gasteiger partial charge in [0, 0.05) is 57.7 Å². The van der Waals surface area contributed by atoms with Crippen LogP contribution in [-0.4, -0.2) is 90.6 Å². The smallest absolute Gasteiger partial charge is 0.237 e. The number of amides is 1. The summed E-state index contributed by atoms with van der Waals surface area (Å²) in [5.74, 6) is 1.39. The van der Waals surface area contributed by atoms with Crippen LogP contribution in [0.25, 0.3) is 10.1 Å². The Balaban J connectivity index is 0.954. The molecule has 0 N–H and O–H groups in total. The van der Waals surface area contributed by atoms with E-state index >= 15 is 0 Å². The number of hydrogen-bond acceptors (Lipinski definition) is 7. The second kappa shape index (κ2) is 10.8. The van der Waals surface area contributed by atoms with Crippen molar-refractivity contribution >= 4 is 33.3 Å². The highest BCUT2D eigenvalue weighted by atomic mass is 32.1. The topological polar surface area (TPSA) is 52.2 Å². The zero-order valence-electron chi connectivity index (χ0n) is 20.9. The van der Waals surface area contributed by atoms with Crippen molar-refractivity contribution in [2.45, 2.75) is 25.9 Å². The molecule has 0 radical (unpaired) electrons. The molecule has 190 valence electrons. The van der Waals surface area contributed by atoms with Crippen molar-refractivity contribution < 1.29 is 9.53 Å². The molecule has 0 aliphatic carbocycles. The molecule has 0 atom stereocenters. The highest BCUT2D eigenvalue weighted by Gasteiger charge is 2.26. The highest BCUT2D eigenvalue weighted by molar-refractivity contribution is 7.13. The van der Waals surface area contributed by atoms with Gasteiger partial charge in [0.15, 0.2) is 0 Å². The van der Waals surface area contributed by atoms with E-state index in [-0.39, 0.29) is 5.91 Å². The van der Waals surface area contributed by atoms with Crippen molar-refractivity contribution in [1.82, 2.24) is 19.1 Å². The standard InChI is InChI=1S/C28H35N5O2S/c34-27(21-31-14-16-35-17-15-31)33-19-23-8-7-22(18-24(23)20-33)4-3-9-30-10-12-32(13-11-30)28-25-5-1-2-6-26(25)36-29-28/h1-2,5-8,18H,3-4,9-17,19-21H2. The Kier molecular flexibility index (Phi) is 7.19. The number of nitrogens with zero attached hydrogens (tertiary/aromatic N) is 5. The van der Waals surface area contributed by atoms with Crippen LogP contribution in [0.15, 0.2) is 42.5 Å². The Hall–Kier alpha value is -2.52. The van der Waals surface area contributed by atoms with E-state index in [2.05, 4.69) is 57.2 Å². The summed E-state index contributed by atoms with van der Waals surface area (Å²) in [7, 11) is 0.